The Kier molecular flexibility index (Phi) is 5.97. The Balaban J connectivity index is 2.03. The molecule has 0 aromatic carbocycles. The van der Waals surface area contributed by atoms with Gasteiger partial charge in [-0.1, -0.05) is 13.8 Å². The van der Waals surface area contributed by atoms with Gasteiger partial charge in [-0.05, 0) is 25.8 Å². The molecule has 0 aliphatic carbocycles. The van der Waals surface area contributed by atoms with Crippen molar-refractivity contribution in [1.29, 1.82) is 0 Å². The number of β-amino-alcohol motifs (C(OH)–C–C–N with tert-alkyl or cyclic N) is 1. The molecule has 0 bridgehead atoms. The second-order valence-corrected chi connectivity index (χ2v) is 5.94. The predicted molar refractivity (Wildman–Crippen MR) is 86.0 cm³/mol. The van der Waals surface area contributed by atoms with E-state index in [1.165, 1.54) is 0 Å². The Labute approximate surface area is 132 Å². The van der Waals surface area contributed by atoms with E-state index in [0.717, 1.165) is 31.6 Å². The van der Waals surface area contributed by atoms with Gasteiger partial charge in [-0.3, -0.25) is 14.4 Å². The molecule has 2 rings (SSSR count). The highest BCUT2D eigenvalue weighted by atomic mass is 16.3. The first kappa shape index (κ1) is 17.0. The van der Waals surface area contributed by atoms with Gasteiger partial charge in [0.1, 0.15) is 0 Å². The van der Waals surface area contributed by atoms with Crippen LogP contribution >= 0.6 is 0 Å². The Morgan fingerprint density at radius 3 is 2.45 bits per heavy atom. The SMILES string of the molecule is CCC(CC)n1nc(C(=O)N2CCN(CCO)CC2)cc1C. The molecule has 0 atom stereocenters. The standard InChI is InChI=1S/C16H28N4O2/c1-4-14(5-2)20-13(3)12-15(17-20)16(22)19-8-6-18(7-9-19)10-11-21/h12,14,21H,4-11H2,1-3H3. The molecule has 0 saturated carbocycles. The summed E-state index contributed by atoms with van der Waals surface area (Å²) < 4.78 is 2.00. The van der Waals surface area contributed by atoms with Gasteiger partial charge in [0.2, 0.25) is 0 Å². The van der Waals surface area contributed by atoms with Crippen LogP contribution in [0.3, 0.4) is 0 Å². The van der Waals surface area contributed by atoms with Gasteiger partial charge >= 0.3 is 0 Å². The zero-order chi connectivity index (χ0) is 16.1. The number of rotatable bonds is 6. The summed E-state index contributed by atoms with van der Waals surface area (Å²) >= 11 is 0. The van der Waals surface area contributed by atoms with Gasteiger partial charge in [0.15, 0.2) is 5.69 Å². The van der Waals surface area contributed by atoms with E-state index in [4.69, 9.17) is 5.11 Å². The van der Waals surface area contributed by atoms with Crippen LogP contribution in [-0.2, 0) is 0 Å². The van der Waals surface area contributed by atoms with Gasteiger partial charge in [-0.15, -0.1) is 0 Å². The van der Waals surface area contributed by atoms with E-state index in [-0.39, 0.29) is 12.5 Å². The lowest BCUT2D eigenvalue weighted by Gasteiger charge is -2.33. The summed E-state index contributed by atoms with van der Waals surface area (Å²) in [7, 11) is 0. The first-order valence-corrected chi connectivity index (χ1v) is 8.29. The van der Waals surface area contributed by atoms with Crippen molar-refractivity contribution in [3.63, 3.8) is 0 Å². The fourth-order valence-electron chi connectivity index (χ4n) is 3.07. The molecule has 2 heterocycles. The minimum Gasteiger partial charge on any atom is -0.395 e. The third kappa shape index (κ3) is 3.67. The lowest BCUT2D eigenvalue weighted by atomic mass is 10.2. The van der Waals surface area contributed by atoms with Gasteiger partial charge in [0.05, 0.1) is 12.6 Å². The van der Waals surface area contributed by atoms with Crippen LogP contribution in [0, 0.1) is 6.92 Å². The van der Waals surface area contributed by atoms with E-state index >= 15 is 0 Å². The summed E-state index contributed by atoms with van der Waals surface area (Å²) in [5.74, 6) is 0.0245. The Bertz CT molecular complexity index is 488. The van der Waals surface area contributed by atoms with Crippen molar-refractivity contribution in [2.75, 3.05) is 39.3 Å². The molecule has 1 saturated heterocycles. The lowest BCUT2D eigenvalue weighted by Crippen LogP contribution is -2.49. The van der Waals surface area contributed by atoms with Gasteiger partial charge < -0.3 is 10.0 Å². The number of aryl methyl sites for hydroxylation is 1. The molecule has 1 aromatic heterocycles. The van der Waals surface area contributed by atoms with Crippen LogP contribution in [0.1, 0.15) is 48.9 Å². The molecule has 22 heavy (non-hydrogen) atoms. The van der Waals surface area contributed by atoms with Crippen LogP contribution < -0.4 is 0 Å². The first-order chi connectivity index (χ1) is 10.6. The van der Waals surface area contributed by atoms with Gasteiger partial charge in [0, 0.05) is 38.4 Å². The topological polar surface area (TPSA) is 61.6 Å². The summed E-state index contributed by atoms with van der Waals surface area (Å²) in [6.45, 7) is 10.2. The second-order valence-electron chi connectivity index (χ2n) is 5.94. The zero-order valence-corrected chi connectivity index (χ0v) is 14.0. The van der Waals surface area contributed by atoms with Crippen LogP contribution in [0.5, 0.6) is 0 Å². The van der Waals surface area contributed by atoms with E-state index in [0.29, 0.717) is 31.4 Å². The lowest BCUT2D eigenvalue weighted by molar-refractivity contribution is 0.0608. The smallest absolute Gasteiger partial charge is 0.274 e. The van der Waals surface area contributed by atoms with Crippen molar-refractivity contribution in [2.45, 2.75) is 39.7 Å². The first-order valence-electron chi connectivity index (χ1n) is 8.29. The second kappa shape index (κ2) is 7.74. The molecule has 124 valence electrons. The average molecular weight is 308 g/mol. The molecule has 1 aliphatic heterocycles. The van der Waals surface area contributed by atoms with Crippen molar-refractivity contribution in [3.8, 4) is 0 Å². The third-order valence-electron chi connectivity index (χ3n) is 4.51. The minimum atomic E-state index is 0.0245. The van der Waals surface area contributed by atoms with E-state index in [2.05, 4.69) is 23.8 Å². The molecule has 6 nitrogen and oxygen atoms in total. The molecule has 6 heteroatoms. The van der Waals surface area contributed by atoms with Crippen molar-refractivity contribution >= 4 is 5.91 Å². The van der Waals surface area contributed by atoms with Gasteiger partial charge in [-0.2, -0.15) is 5.10 Å². The number of hydrogen-bond acceptors (Lipinski definition) is 4. The number of carbonyl (C=O) groups excluding carboxylic acids is 1. The molecule has 1 aromatic rings. The number of nitrogens with zero attached hydrogens (tertiary/aromatic N) is 4. The number of aromatic nitrogens is 2. The third-order valence-corrected chi connectivity index (χ3v) is 4.51. The summed E-state index contributed by atoms with van der Waals surface area (Å²) in [6.07, 6.45) is 2.04. The molecular formula is C16H28N4O2. The number of carbonyl (C=O) groups is 1. The molecule has 0 spiro atoms. The normalized spacial score (nSPS) is 16.5. The number of aliphatic hydroxyl groups is 1. The maximum absolute atomic E-state index is 12.6. The molecule has 1 amide bonds. The van der Waals surface area contributed by atoms with E-state index < -0.39 is 0 Å². The average Bonchev–Trinajstić information content (AvgIpc) is 2.91. The molecule has 1 N–H and O–H groups in total. The summed E-state index contributed by atoms with van der Waals surface area (Å²) in [6, 6.07) is 2.27. The van der Waals surface area contributed by atoms with E-state index in [1.807, 2.05) is 22.6 Å². The van der Waals surface area contributed by atoms with Crippen molar-refractivity contribution in [2.24, 2.45) is 0 Å². The quantitative estimate of drug-likeness (QED) is 0.860. The van der Waals surface area contributed by atoms with Crippen LogP contribution in [0.25, 0.3) is 0 Å². The van der Waals surface area contributed by atoms with Gasteiger partial charge in [-0.25, -0.2) is 0 Å². The fourth-order valence-corrected chi connectivity index (χ4v) is 3.07. The van der Waals surface area contributed by atoms with Crippen molar-refractivity contribution < 1.29 is 9.90 Å². The summed E-state index contributed by atoms with van der Waals surface area (Å²) in [5.41, 5.74) is 1.61. The largest absolute Gasteiger partial charge is 0.395 e. The van der Waals surface area contributed by atoms with Crippen LogP contribution in [-0.4, -0.2) is 69.9 Å². The van der Waals surface area contributed by atoms with E-state index in [1.54, 1.807) is 0 Å². The maximum atomic E-state index is 12.6. The highest BCUT2D eigenvalue weighted by molar-refractivity contribution is 5.92. The number of amides is 1. The van der Waals surface area contributed by atoms with Crippen LogP contribution in [0.15, 0.2) is 6.07 Å². The Morgan fingerprint density at radius 2 is 1.91 bits per heavy atom. The summed E-state index contributed by atoms with van der Waals surface area (Å²) in [4.78, 5) is 16.7. The van der Waals surface area contributed by atoms with Crippen molar-refractivity contribution in [1.82, 2.24) is 19.6 Å². The maximum Gasteiger partial charge on any atom is 0.274 e. The summed E-state index contributed by atoms with van der Waals surface area (Å²) in [5, 5.41) is 13.5. The molecule has 1 aliphatic rings. The zero-order valence-electron chi connectivity index (χ0n) is 14.0. The molecule has 0 radical (unpaired) electrons. The number of piperazine rings is 1. The van der Waals surface area contributed by atoms with Crippen molar-refractivity contribution in [3.05, 3.63) is 17.5 Å². The molecule has 1 fully saturated rings. The van der Waals surface area contributed by atoms with Crippen LogP contribution in [0.2, 0.25) is 0 Å². The van der Waals surface area contributed by atoms with E-state index in [9.17, 15) is 4.79 Å². The highest BCUT2D eigenvalue weighted by Crippen LogP contribution is 2.19. The van der Waals surface area contributed by atoms with Crippen LogP contribution in [0.4, 0.5) is 0 Å². The Morgan fingerprint density at radius 1 is 1.27 bits per heavy atom. The minimum absolute atomic E-state index is 0.0245. The number of hydrogen-bond donors (Lipinski definition) is 1. The molecular weight excluding hydrogens is 280 g/mol. The van der Waals surface area contributed by atoms with Gasteiger partial charge in [0.25, 0.3) is 5.91 Å². The molecule has 0 unspecified atom stereocenters. The Hall–Kier alpha value is -1.40. The fraction of sp³-hybridized carbons (Fsp3) is 0.750. The highest BCUT2D eigenvalue weighted by Gasteiger charge is 2.24. The number of aliphatic hydroxyl groups excluding tert-OH is 1. The predicted octanol–water partition coefficient (Wildman–Crippen LogP) is 1.30. The monoisotopic (exact) mass is 308 g/mol.